The molecule has 0 unspecified atom stereocenters. The molecule has 30 heavy (non-hydrogen) atoms. The molecule has 1 aliphatic carbocycles. The second-order valence-corrected chi connectivity index (χ2v) is 9.42. The van der Waals surface area contributed by atoms with Crippen molar-refractivity contribution in [1.29, 1.82) is 0 Å². The first-order valence-electron chi connectivity index (χ1n) is 10.1. The fourth-order valence-corrected chi connectivity index (χ4v) is 6.23. The van der Waals surface area contributed by atoms with Gasteiger partial charge < -0.3 is 4.74 Å². The molecule has 0 spiro atoms. The molecule has 0 saturated heterocycles. The van der Waals surface area contributed by atoms with E-state index >= 15 is 0 Å². The van der Waals surface area contributed by atoms with Crippen LogP contribution in [-0.2, 0) is 18.6 Å². The standard InChI is InChI=1S/C24H22N2O2S2/c1-28-18-13-11-16(12-14-18)15-29-24-25-22-21(19-9-5-6-10-20(19)30-22)23(27)26(24)17-7-3-2-4-8-17/h2-4,7-8,11-14H,5-6,9-10,15H2,1H3. The highest BCUT2D eigenvalue weighted by Crippen LogP contribution is 2.35. The first kappa shape index (κ1) is 19.4. The maximum atomic E-state index is 13.7. The molecule has 5 rings (SSSR count). The van der Waals surface area contributed by atoms with Crippen LogP contribution in [-0.4, -0.2) is 16.7 Å². The maximum absolute atomic E-state index is 13.7. The Morgan fingerprint density at radius 2 is 1.83 bits per heavy atom. The van der Waals surface area contributed by atoms with Crippen LogP contribution in [0, 0.1) is 0 Å². The van der Waals surface area contributed by atoms with Crippen molar-refractivity contribution in [3.8, 4) is 11.4 Å². The Kier molecular flexibility index (Phi) is 5.35. The van der Waals surface area contributed by atoms with Crippen LogP contribution in [0.2, 0.25) is 0 Å². The molecule has 4 nitrogen and oxygen atoms in total. The largest absolute Gasteiger partial charge is 0.497 e. The third kappa shape index (κ3) is 3.55. The summed E-state index contributed by atoms with van der Waals surface area (Å²) in [6, 6.07) is 17.9. The molecule has 6 heteroatoms. The SMILES string of the molecule is COc1ccc(CSc2nc3sc4c(c3c(=O)n2-c2ccccc2)CCCC4)cc1. The molecule has 2 heterocycles. The van der Waals surface area contributed by atoms with Gasteiger partial charge in [-0.3, -0.25) is 9.36 Å². The van der Waals surface area contributed by atoms with Crippen LogP contribution in [0.3, 0.4) is 0 Å². The summed E-state index contributed by atoms with van der Waals surface area (Å²) in [7, 11) is 1.67. The van der Waals surface area contributed by atoms with E-state index in [1.807, 2.05) is 42.5 Å². The summed E-state index contributed by atoms with van der Waals surface area (Å²) < 4.78 is 7.04. The average molecular weight is 435 g/mol. The van der Waals surface area contributed by atoms with Gasteiger partial charge in [-0.25, -0.2) is 4.98 Å². The fraction of sp³-hybridized carbons (Fsp3) is 0.250. The van der Waals surface area contributed by atoms with Crippen LogP contribution >= 0.6 is 23.1 Å². The molecule has 0 N–H and O–H groups in total. The summed E-state index contributed by atoms with van der Waals surface area (Å²) in [5, 5.41) is 1.57. The predicted molar refractivity (Wildman–Crippen MR) is 124 cm³/mol. The zero-order chi connectivity index (χ0) is 20.5. The number of hydrogen-bond donors (Lipinski definition) is 0. The Bertz CT molecular complexity index is 1240. The Labute approximate surface area is 183 Å². The monoisotopic (exact) mass is 434 g/mol. The average Bonchev–Trinajstić information content (AvgIpc) is 3.17. The maximum Gasteiger partial charge on any atom is 0.267 e. The van der Waals surface area contributed by atoms with E-state index in [0.717, 1.165) is 51.8 Å². The molecule has 0 aliphatic heterocycles. The Morgan fingerprint density at radius 3 is 2.60 bits per heavy atom. The predicted octanol–water partition coefficient (Wildman–Crippen LogP) is 5.63. The van der Waals surface area contributed by atoms with Crippen LogP contribution in [0.15, 0.2) is 64.5 Å². The number of methoxy groups -OCH3 is 1. The van der Waals surface area contributed by atoms with Crippen molar-refractivity contribution in [1.82, 2.24) is 9.55 Å². The smallest absolute Gasteiger partial charge is 0.267 e. The van der Waals surface area contributed by atoms with Gasteiger partial charge in [-0.1, -0.05) is 42.1 Å². The van der Waals surface area contributed by atoms with E-state index in [1.54, 1.807) is 34.8 Å². The lowest BCUT2D eigenvalue weighted by Gasteiger charge is -2.13. The quantitative estimate of drug-likeness (QED) is 0.302. The van der Waals surface area contributed by atoms with Gasteiger partial charge >= 0.3 is 0 Å². The summed E-state index contributed by atoms with van der Waals surface area (Å²) in [6.45, 7) is 0. The van der Waals surface area contributed by atoms with E-state index in [0.29, 0.717) is 0 Å². The first-order chi connectivity index (χ1) is 14.7. The summed E-state index contributed by atoms with van der Waals surface area (Å²) in [6.07, 6.45) is 4.40. The number of fused-ring (bicyclic) bond motifs is 3. The Morgan fingerprint density at radius 1 is 1.07 bits per heavy atom. The number of para-hydroxylation sites is 1. The third-order valence-electron chi connectivity index (χ3n) is 5.50. The summed E-state index contributed by atoms with van der Waals surface area (Å²) in [5.74, 6) is 1.58. The number of rotatable bonds is 5. The van der Waals surface area contributed by atoms with E-state index < -0.39 is 0 Å². The molecule has 1 aliphatic rings. The number of hydrogen-bond acceptors (Lipinski definition) is 5. The Balaban J connectivity index is 1.61. The van der Waals surface area contributed by atoms with Gasteiger partial charge in [0.2, 0.25) is 0 Å². The van der Waals surface area contributed by atoms with Crippen LogP contribution < -0.4 is 10.3 Å². The van der Waals surface area contributed by atoms with Crippen molar-refractivity contribution in [3.05, 3.63) is 81.0 Å². The summed E-state index contributed by atoms with van der Waals surface area (Å²) in [5.41, 5.74) is 3.32. The van der Waals surface area contributed by atoms with Gasteiger partial charge in [-0.2, -0.15) is 0 Å². The topological polar surface area (TPSA) is 44.1 Å². The van der Waals surface area contributed by atoms with Crippen molar-refractivity contribution in [2.45, 2.75) is 36.6 Å². The van der Waals surface area contributed by atoms with E-state index in [9.17, 15) is 4.79 Å². The van der Waals surface area contributed by atoms with Crippen LogP contribution in [0.1, 0.15) is 28.8 Å². The van der Waals surface area contributed by atoms with Crippen LogP contribution in [0.4, 0.5) is 0 Å². The lowest BCUT2D eigenvalue weighted by Crippen LogP contribution is -2.22. The molecule has 0 amide bonds. The molecule has 4 aromatic rings. The van der Waals surface area contributed by atoms with E-state index in [1.165, 1.54) is 22.4 Å². The van der Waals surface area contributed by atoms with Crippen LogP contribution in [0.5, 0.6) is 5.75 Å². The highest BCUT2D eigenvalue weighted by atomic mass is 32.2. The fourth-order valence-electron chi connectivity index (χ4n) is 3.96. The van der Waals surface area contributed by atoms with E-state index in [4.69, 9.17) is 9.72 Å². The number of ether oxygens (including phenoxy) is 1. The highest BCUT2D eigenvalue weighted by Gasteiger charge is 2.22. The minimum atomic E-state index is 0.0582. The molecule has 0 saturated carbocycles. The van der Waals surface area contributed by atoms with E-state index in [2.05, 4.69) is 12.1 Å². The summed E-state index contributed by atoms with van der Waals surface area (Å²) >= 11 is 3.31. The number of benzene rings is 2. The van der Waals surface area contributed by atoms with Gasteiger partial charge in [-0.15, -0.1) is 11.3 Å². The second kappa shape index (κ2) is 8.28. The van der Waals surface area contributed by atoms with Crippen molar-refractivity contribution >= 4 is 33.3 Å². The zero-order valence-electron chi connectivity index (χ0n) is 16.8. The number of nitrogens with zero attached hydrogens (tertiary/aromatic N) is 2. The molecule has 0 fully saturated rings. The molecule has 2 aromatic heterocycles. The van der Waals surface area contributed by atoms with Crippen molar-refractivity contribution in [3.63, 3.8) is 0 Å². The lowest BCUT2D eigenvalue weighted by atomic mass is 9.97. The number of aromatic nitrogens is 2. The van der Waals surface area contributed by atoms with Crippen molar-refractivity contribution in [2.24, 2.45) is 0 Å². The summed E-state index contributed by atoms with van der Waals surface area (Å²) in [4.78, 5) is 20.9. The van der Waals surface area contributed by atoms with Gasteiger partial charge in [0.15, 0.2) is 5.16 Å². The normalized spacial score (nSPS) is 13.4. The molecule has 152 valence electrons. The number of thiophene rings is 1. The van der Waals surface area contributed by atoms with Gasteiger partial charge in [0, 0.05) is 10.6 Å². The number of thioether (sulfide) groups is 1. The zero-order valence-corrected chi connectivity index (χ0v) is 18.4. The van der Waals surface area contributed by atoms with Gasteiger partial charge in [0.05, 0.1) is 18.2 Å². The first-order valence-corrected chi connectivity index (χ1v) is 11.9. The van der Waals surface area contributed by atoms with Crippen molar-refractivity contribution < 1.29 is 4.74 Å². The minimum Gasteiger partial charge on any atom is -0.497 e. The van der Waals surface area contributed by atoms with Gasteiger partial charge in [0.25, 0.3) is 5.56 Å². The molecular formula is C24H22N2O2S2. The van der Waals surface area contributed by atoms with Gasteiger partial charge in [0.1, 0.15) is 10.6 Å². The second-order valence-electron chi connectivity index (χ2n) is 7.40. The molecule has 2 aromatic carbocycles. The molecule has 0 atom stereocenters. The van der Waals surface area contributed by atoms with Gasteiger partial charge in [-0.05, 0) is 61.1 Å². The molecule has 0 bridgehead atoms. The van der Waals surface area contributed by atoms with Crippen LogP contribution in [0.25, 0.3) is 15.9 Å². The van der Waals surface area contributed by atoms with E-state index in [-0.39, 0.29) is 5.56 Å². The number of aryl methyl sites for hydroxylation is 2. The van der Waals surface area contributed by atoms with Crippen molar-refractivity contribution in [2.75, 3.05) is 7.11 Å². The minimum absolute atomic E-state index is 0.0582. The Hall–Kier alpha value is -2.57. The molecular weight excluding hydrogens is 412 g/mol. The lowest BCUT2D eigenvalue weighted by molar-refractivity contribution is 0.414. The highest BCUT2D eigenvalue weighted by molar-refractivity contribution is 7.98. The third-order valence-corrected chi connectivity index (χ3v) is 7.69. The molecule has 0 radical (unpaired) electrons.